The summed E-state index contributed by atoms with van der Waals surface area (Å²) in [6, 6.07) is 0. The van der Waals surface area contributed by atoms with E-state index in [-0.39, 0.29) is 10.9 Å². The van der Waals surface area contributed by atoms with E-state index in [1.807, 2.05) is 0 Å². The van der Waals surface area contributed by atoms with Gasteiger partial charge >= 0.3 is 0 Å². The van der Waals surface area contributed by atoms with E-state index in [1.165, 1.54) is 19.1 Å². The Hall–Kier alpha value is 0.220. The first-order valence-electron chi connectivity index (χ1n) is 8.03. The van der Waals surface area contributed by atoms with Gasteiger partial charge in [0, 0.05) is 36.4 Å². The van der Waals surface area contributed by atoms with Crippen molar-refractivity contribution in [2.45, 2.75) is 50.4 Å². The summed E-state index contributed by atoms with van der Waals surface area (Å²) in [7, 11) is -3.05. The first-order chi connectivity index (χ1) is 9.80. The van der Waals surface area contributed by atoms with Crippen LogP contribution in [0.2, 0.25) is 0 Å². The van der Waals surface area contributed by atoms with Gasteiger partial charge in [0.2, 0.25) is 0 Å². The molecular weight excluding hydrogens is 304 g/mol. The lowest BCUT2D eigenvalue weighted by Crippen LogP contribution is -2.63. The molecule has 21 heavy (non-hydrogen) atoms. The van der Waals surface area contributed by atoms with Gasteiger partial charge in [0.05, 0.1) is 0 Å². The van der Waals surface area contributed by atoms with Crippen LogP contribution in [0.25, 0.3) is 0 Å². The molecule has 2 rings (SSSR count). The second-order valence-electron chi connectivity index (χ2n) is 7.06. The van der Waals surface area contributed by atoms with E-state index in [1.54, 1.807) is 11.8 Å². The standard InChI is InChI=1S/C15H30N2O2S2/c1-12(2)13-4-6-15(11-16,7-5-13)17-8-9-20-10-14(17)21(3,18)19/h12-14H,4-11,16H2,1-3H3. The maximum atomic E-state index is 12.2. The number of nitrogens with two attached hydrogens (primary N) is 1. The summed E-state index contributed by atoms with van der Waals surface area (Å²) in [5.41, 5.74) is 6.06. The van der Waals surface area contributed by atoms with Gasteiger partial charge in [0.25, 0.3) is 0 Å². The highest BCUT2D eigenvalue weighted by Gasteiger charge is 2.46. The van der Waals surface area contributed by atoms with Crippen molar-refractivity contribution in [2.24, 2.45) is 17.6 Å². The first-order valence-corrected chi connectivity index (χ1v) is 11.1. The summed E-state index contributed by atoms with van der Waals surface area (Å²) in [5, 5.41) is -0.351. The van der Waals surface area contributed by atoms with E-state index in [0.29, 0.717) is 18.2 Å². The number of hydrogen-bond donors (Lipinski definition) is 1. The number of nitrogens with zero attached hydrogens (tertiary/aromatic N) is 1. The molecule has 0 radical (unpaired) electrons. The number of rotatable bonds is 4. The third-order valence-electron chi connectivity index (χ3n) is 5.47. The van der Waals surface area contributed by atoms with E-state index >= 15 is 0 Å². The summed E-state index contributed by atoms with van der Waals surface area (Å²) >= 11 is 1.75. The predicted octanol–water partition coefficient (Wildman–Crippen LogP) is 1.95. The van der Waals surface area contributed by atoms with Gasteiger partial charge in [0.15, 0.2) is 9.84 Å². The molecule has 1 aliphatic carbocycles. The summed E-state index contributed by atoms with van der Waals surface area (Å²) in [4.78, 5) is 2.25. The second kappa shape index (κ2) is 6.77. The molecule has 2 aliphatic rings. The van der Waals surface area contributed by atoms with Crippen LogP contribution in [-0.2, 0) is 9.84 Å². The van der Waals surface area contributed by atoms with Crippen molar-refractivity contribution in [2.75, 3.05) is 30.9 Å². The van der Waals surface area contributed by atoms with E-state index in [9.17, 15) is 8.42 Å². The van der Waals surface area contributed by atoms with Gasteiger partial charge in [-0.2, -0.15) is 11.8 Å². The molecule has 1 heterocycles. The Kier molecular flexibility index (Phi) is 5.66. The molecule has 4 nitrogen and oxygen atoms in total. The van der Waals surface area contributed by atoms with Crippen molar-refractivity contribution in [3.8, 4) is 0 Å². The topological polar surface area (TPSA) is 63.4 Å². The van der Waals surface area contributed by atoms with Crippen LogP contribution in [-0.4, -0.2) is 55.1 Å². The third-order valence-corrected chi connectivity index (χ3v) is 8.12. The predicted molar refractivity (Wildman–Crippen MR) is 91.2 cm³/mol. The highest BCUT2D eigenvalue weighted by molar-refractivity contribution is 8.00. The summed E-state index contributed by atoms with van der Waals surface area (Å²) in [6.45, 7) is 6.01. The third kappa shape index (κ3) is 3.77. The number of hydrogen-bond acceptors (Lipinski definition) is 5. The highest BCUT2D eigenvalue weighted by atomic mass is 32.2. The zero-order valence-electron chi connectivity index (χ0n) is 13.5. The Morgan fingerprint density at radius 3 is 2.43 bits per heavy atom. The lowest BCUT2D eigenvalue weighted by Gasteiger charge is -2.52. The Labute approximate surface area is 134 Å². The van der Waals surface area contributed by atoms with Gasteiger partial charge < -0.3 is 5.73 Å². The molecule has 1 unspecified atom stereocenters. The van der Waals surface area contributed by atoms with Crippen LogP contribution in [0.4, 0.5) is 0 Å². The van der Waals surface area contributed by atoms with Crippen molar-refractivity contribution in [3.05, 3.63) is 0 Å². The van der Waals surface area contributed by atoms with Crippen LogP contribution in [0.5, 0.6) is 0 Å². The molecule has 2 N–H and O–H groups in total. The van der Waals surface area contributed by atoms with Crippen molar-refractivity contribution < 1.29 is 8.42 Å². The molecule has 2 fully saturated rings. The molecule has 1 atom stereocenters. The van der Waals surface area contributed by atoms with Crippen molar-refractivity contribution in [1.29, 1.82) is 0 Å². The maximum Gasteiger partial charge on any atom is 0.164 e. The van der Waals surface area contributed by atoms with Crippen LogP contribution in [0.1, 0.15) is 39.5 Å². The maximum absolute atomic E-state index is 12.2. The van der Waals surface area contributed by atoms with Crippen LogP contribution >= 0.6 is 11.8 Å². The van der Waals surface area contributed by atoms with Crippen molar-refractivity contribution in [1.82, 2.24) is 4.90 Å². The van der Waals surface area contributed by atoms with Gasteiger partial charge in [-0.1, -0.05) is 13.8 Å². The molecule has 6 heteroatoms. The van der Waals surface area contributed by atoms with Crippen LogP contribution in [0.3, 0.4) is 0 Å². The fraction of sp³-hybridized carbons (Fsp3) is 1.00. The van der Waals surface area contributed by atoms with Gasteiger partial charge in [-0.15, -0.1) is 0 Å². The molecule has 0 aromatic rings. The Morgan fingerprint density at radius 1 is 1.33 bits per heavy atom. The number of sulfone groups is 1. The van der Waals surface area contributed by atoms with Crippen molar-refractivity contribution >= 4 is 21.6 Å². The molecule has 1 aliphatic heterocycles. The van der Waals surface area contributed by atoms with Gasteiger partial charge in [-0.25, -0.2) is 8.42 Å². The smallest absolute Gasteiger partial charge is 0.164 e. The molecule has 1 saturated heterocycles. The van der Waals surface area contributed by atoms with Gasteiger partial charge in [-0.3, -0.25) is 4.90 Å². The SMILES string of the molecule is CC(C)C1CCC(CN)(N2CCSCC2S(C)(=O)=O)CC1. The van der Waals surface area contributed by atoms with E-state index in [4.69, 9.17) is 5.73 Å². The summed E-state index contributed by atoms with van der Waals surface area (Å²) in [5.74, 6) is 3.18. The zero-order chi connectivity index (χ0) is 15.7. The molecule has 0 amide bonds. The first kappa shape index (κ1) is 17.6. The largest absolute Gasteiger partial charge is 0.329 e. The van der Waals surface area contributed by atoms with Crippen LogP contribution in [0.15, 0.2) is 0 Å². The van der Waals surface area contributed by atoms with Crippen LogP contribution < -0.4 is 5.73 Å². The summed E-state index contributed by atoms with van der Waals surface area (Å²) in [6.07, 6.45) is 5.82. The minimum atomic E-state index is -3.05. The molecule has 1 saturated carbocycles. The molecule has 124 valence electrons. The molecule has 0 spiro atoms. The minimum Gasteiger partial charge on any atom is -0.329 e. The zero-order valence-corrected chi connectivity index (χ0v) is 15.2. The highest BCUT2D eigenvalue weighted by Crippen LogP contribution is 2.41. The second-order valence-corrected chi connectivity index (χ2v) is 10.4. The van der Waals surface area contributed by atoms with Gasteiger partial charge in [0.1, 0.15) is 5.37 Å². The minimum absolute atomic E-state index is 0.0971. The fourth-order valence-electron chi connectivity index (χ4n) is 3.93. The average Bonchev–Trinajstić information content (AvgIpc) is 2.46. The normalized spacial score (nSPS) is 36.0. The van der Waals surface area contributed by atoms with Crippen LogP contribution in [0, 0.1) is 11.8 Å². The lowest BCUT2D eigenvalue weighted by atomic mass is 9.72. The monoisotopic (exact) mass is 334 g/mol. The average molecular weight is 335 g/mol. The fourth-order valence-corrected chi connectivity index (χ4v) is 6.87. The lowest BCUT2D eigenvalue weighted by molar-refractivity contribution is 0.0315. The van der Waals surface area contributed by atoms with Crippen molar-refractivity contribution in [3.63, 3.8) is 0 Å². The van der Waals surface area contributed by atoms with E-state index in [0.717, 1.165) is 31.1 Å². The molecule has 0 aromatic heterocycles. The molecule has 0 bridgehead atoms. The van der Waals surface area contributed by atoms with E-state index < -0.39 is 9.84 Å². The van der Waals surface area contributed by atoms with E-state index in [2.05, 4.69) is 18.7 Å². The molecular formula is C15H30N2O2S2. The quantitative estimate of drug-likeness (QED) is 0.851. The Balaban J connectivity index is 2.19. The Bertz CT molecular complexity index is 443. The summed E-state index contributed by atoms with van der Waals surface area (Å²) < 4.78 is 24.3. The van der Waals surface area contributed by atoms with Gasteiger partial charge in [-0.05, 0) is 37.5 Å². The number of thioether (sulfide) groups is 1. The Morgan fingerprint density at radius 2 is 1.95 bits per heavy atom. The molecule has 0 aromatic carbocycles.